The molecule has 0 aliphatic carbocycles. The molecule has 1 saturated heterocycles. The number of hydrogen-bond acceptors (Lipinski definition) is 4. The summed E-state index contributed by atoms with van der Waals surface area (Å²) in [5, 5.41) is 2.89. The molecule has 2 amide bonds. The second-order valence-corrected chi connectivity index (χ2v) is 6.50. The molecule has 1 aliphatic rings. The quantitative estimate of drug-likeness (QED) is 0.880. The van der Waals surface area contributed by atoms with Gasteiger partial charge < -0.3 is 19.7 Å². The Balaban J connectivity index is 1.42. The number of methoxy groups -OCH3 is 1. The van der Waals surface area contributed by atoms with E-state index in [2.05, 4.69) is 5.32 Å². The highest BCUT2D eigenvalue weighted by Crippen LogP contribution is 2.17. The van der Waals surface area contributed by atoms with Crippen LogP contribution in [-0.4, -0.2) is 43.1 Å². The summed E-state index contributed by atoms with van der Waals surface area (Å²) < 4.78 is 10.4. The molecule has 2 aromatic carbocycles. The van der Waals surface area contributed by atoms with E-state index in [1.807, 2.05) is 35.2 Å². The van der Waals surface area contributed by atoms with Gasteiger partial charge in [0.25, 0.3) is 5.91 Å². The zero-order valence-electron chi connectivity index (χ0n) is 15.4. The molecule has 6 heteroatoms. The minimum atomic E-state index is -0.418. The van der Waals surface area contributed by atoms with Crippen molar-refractivity contribution in [2.24, 2.45) is 0 Å². The number of alkyl carbamates (subject to hydrolysis) is 1. The molecule has 0 bridgehead atoms. The van der Waals surface area contributed by atoms with Crippen molar-refractivity contribution in [3.05, 3.63) is 65.7 Å². The summed E-state index contributed by atoms with van der Waals surface area (Å²) in [6, 6.07) is 16.7. The Hall–Kier alpha value is -3.02. The fourth-order valence-corrected chi connectivity index (χ4v) is 3.07. The summed E-state index contributed by atoms with van der Waals surface area (Å²) in [7, 11) is 1.60. The largest absolute Gasteiger partial charge is 0.497 e. The number of nitrogens with zero attached hydrogens (tertiary/aromatic N) is 1. The van der Waals surface area contributed by atoms with Crippen molar-refractivity contribution in [3.63, 3.8) is 0 Å². The molecule has 0 saturated carbocycles. The minimum Gasteiger partial charge on any atom is -0.497 e. The van der Waals surface area contributed by atoms with Gasteiger partial charge in [-0.1, -0.05) is 30.3 Å². The molecular weight excluding hydrogens is 344 g/mol. The van der Waals surface area contributed by atoms with Crippen LogP contribution in [0.4, 0.5) is 4.79 Å². The topological polar surface area (TPSA) is 67.9 Å². The number of likely N-dealkylation sites (tertiary alicyclic amines) is 1. The van der Waals surface area contributed by atoms with Crippen LogP contribution in [-0.2, 0) is 11.3 Å². The molecule has 0 spiro atoms. The Morgan fingerprint density at radius 3 is 2.33 bits per heavy atom. The molecule has 2 aromatic rings. The van der Waals surface area contributed by atoms with Crippen molar-refractivity contribution < 1.29 is 19.1 Å². The monoisotopic (exact) mass is 368 g/mol. The number of ether oxygens (including phenoxy) is 2. The van der Waals surface area contributed by atoms with Crippen molar-refractivity contribution in [1.29, 1.82) is 0 Å². The zero-order valence-corrected chi connectivity index (χ0v) is 15.4. The lowest BCUT2D eigenvalue weighted by Crippen LogP contribution is -2.46. The van der Waals surface area contributed by atoms with E-state index in [0.29, 0.717) is 31.5 Å². The van der Waals surface area contributed by atoms with Gasteiger partial charge in [-0.2, -0.15) is 0 Å². The smallest absolute Gasteiger partial charge is 0.407 e. The molecule has 0 radical (unpaired) electrons. The van der Waals surface area contributed by atoms with E-state index in [9.17, 15) is 9.59 Å². The molecule has 0 unspecified atom stereocenters. The van der Waals surface area contributed by atoms with E-state index in [-0.39, 0.29) is 18.6 Å². The van der Waals surface area contributed by atoms with Gasteiger partial charge >= 0.3 is 6.09 Å². The normalized spacial score (nSPS) is 14.5. The Morgan fingerprint density at radius 2 is 1.70 bits per heavy atom. The average Bonchev–Trinajstić information content (AvgIpc) is 2.73. The van der Waals surface area contributed by atoms with Crippen LogP contribution < -0.4 is 10.1 Å². The van der Waals surface area contributed by atoms with Gasteiger partial charge in [0.1, 0.15) is 12.4 Å². The first kappa shape index (κ1) is 18.8. The maximum Gasteiger partial charge on any atom is 0.407 e. The lowest BCUT2D eigenvalue weighted by molar-refractivity contribution is 0.0700. The number of amides is 2. The summed E-state index contributed by atoms with van der Waals surface area (Å²) in [6.45, 7) is 1.46. The third-order valence-corrected chi connectivity index (χ3v) is 4.65. The van der Waals surface area contributed by atoms with Gasteiger partial charge in [0.15, 0.2) is 0 Å². The van der Waals surface area contributed by atoms with Crippen LogP contribution in [0.5, 0.6) is 5.75 Å². The minimum absolute atomic E-state index is 0.00255. The molecule has 0 aromatic heterocycles. The number of piperidine rings is 1. The number of hydrogen-bond donors (Lipinski definition) is 1. The lowest BCUT2D eigenvalue weighted by Gasteiger charge is -2.32. The van der Waals surface area contributed by atoms with Gasteiger partial charge in [-0.15, -0.1) is 0 Å². The SMILES string of the molecule is COc1ccc(C(=O)N2CCC(NC(=O)OCc3ccccc3)CC2)cc1. The number of carbonyl (C=O) groups excluding carboxylic acids is 2. The predicted molar refractivity (Wildman–Crippen MR) is 102 cm³/mol. The number of rotatable bonds is 5. The van der Waals surface area contributed by atoms with Gasteiger partial charge in [0.05, 0.1) is 7.11 Å². The molecule has 3 rings (SSSR count). The summed E-state index contributed by atoms with van der Waals surface area (Å²) in [5.74, 6) is 0.728. The van der Waals surface area contributed by atoms with Crippen molar-refractivity contribution in [2.75, 3.05) is 20.2 Å². The first-order valence-corrected chi connectivity index (χ1v) is 9.06. The van der Waals surface area contributed by atoms with Crippen LogP contribution in [0.3, 0.4) is 0 Å². The molecule has 1 fully saturated rings. The van der Waals surface area contributed by atoms with E-state index in [1.165, 1.54) is 0 Å². The maximum atomic E-state index is 12.6. The number of nitrogens with one attached hydrogen (secondary N) is 1. The summed E-state index contributed by atoms with van der Waals surface area (Å²) in [5.41, 5.74) is 1.59. The fourth-order valence-electron chi connectivity index (χ4n) is 3.07. The molecule has 27 heavy (non-hydrogen) atoms. The van der Waals surface area contributed by atoms with Crippen LogP contribution in [0.2, 0.25) is 0 Å². The van der Waals surface area contributed by atoms with Gasteiger partial charge in [0, 0.05) is 24.7 Å². The van der Waals surface area contributed by atoms with Crippen LogP contribution in [0.1, 0.15) is 28.8 Å². The summed E-state index contributed by atoms with van der Waals surface area (Å²) in [6.07, 6.45) is 1.00. The van der Waals surface area contributed by atoms with E-state index in [0.717, 1.165) is 11.3 Å². The fraction of sp³-hybridized carbons (Fsp3) is 0.333. The molecule has 1 heterocycles. The van der Waals surface area contributed by atoms with E-state index >= 15 is 0 Å². The van der Waals surface area contributed by atoms with Gasteiger partial charge in [0.2, 0.25) is 0 Å². The standard InChI is InChI=1S/C21H24N2O4/c1-26-19-9-7-17(8-10-19)20(24)23-13-11-18(12-14-23)22-21(25)27-15-16-5-3-2-4-6-16/h2-10,18H,11-15H2,1H3,(H,22,25). The van der Waals surface area contributed by atoms with Crippen LogP contribution in [0, 0.1) is 0 Å². The number of benzene rings is 2. The van der Waals surface area contributed by atoms with Crippen molar-refractivity contribution in [3.8, 4) is 5.75 Å². The van der Waals surface area contributed by atoms with Crippen LogP contribution in [0.15, 0.2) is 54.6 Å². The second-order valence-electron chi connectivity index (χ2n) is 6.50. The first-order chi connectivity index (χ1) is 13.2. The average molecular weight is 368 g/mol. The van der Waals surface area contributed by atoms with Crippen LogP contribution >= 0.6 is 0 Å². The maximum absolute atomic E-state index is 12.6. The lowest BCUT2D eigenvalue weighted by atomic mass is 10.0. The van der Waals surface area contributed by atoms with Crippen molar-refractivity contribution >= 4 is 12.0 Å². The van der Waals surface area contributed by atoms with E-state index in [4.69, 9.17) is 9.47 Å². The molecule has 0 atom stereocenters. The third kappa shape index (κ3) is 5.23. The molecule has 6 nitrogen and oxygen atoms in total. The Bertz CT molecular complexity index is 754. The van der Waals surface area contributed by atoms with E-state index in [1.54, 1.807) is 31.4 Å². The molecule has 1 aliphatic heterocycles. The first-order valence-electron chi connectivity index (χ1n) is 9.06. The van der Waals surface area contributed by atoms with Gasteiger partial charge in [-0.25, -0.2) is 4.79 Å². The molecular formula is C21H24N2O4. The highest BCUT2D eigenvalue weighted by Gasteiger charge is 2.25. The second kappa shape index (κ2) is 9.07. The predicted octanol–water partition coefficient (Wildman–Crippen LogP) is 3.23. The van der Waals surface area contributed by atoms with Gasteiger partial charge in [-0.05, 0) is 42.7 Å². The van der Waals surface area contributed by atoms with Gasteiger partial charge in [-0.3, -0.25) is 4.79 Å². The van der Waals surface area contributed by atoms with E-state index < -0.39 is 6.09 Å². The highest BCUT2D eigenvalue weighted by molar-refractivity contribution is 5.94. The zero-order chi connectivity index (χ0) is 19.1. The van der Waals surface area contributed by atoms with Crippen LogP contribution in [0.25, 0.3) is 0 Å². The summed E-state index contributed by atoms with van der Waals surface area (Å²) in [4.78, 5) is 26.3. The Kier molecular flexibility index (Phi) is 6.30. The van der Waals surface area contributed by atoms with Crippen molar-refractivity contribution in [2.45, 2.75) is 25.5 Å². The summed E-state index contributed by atoms with van der Waals surface area (Å²) >= 11 is 0. The third-order valence-electron chi connectivity index (χ3n) is 4.65. The van der Waals surface area contributed by atoms with Crippen molar-refractivity contribution in [1.82, 2.24) is 10.2 Å². The molecule has 142 valence electrons. The molecule has 1 N–H and O–H groups in total. The Labute approximate surface area is 159 Å². The Morgan fingerprint density at radius 1 is 1.04 bits per heavy atom. The number of carbonyl (C=O) groups is 2. The highest BCUT2D eigenvalue weighted by atomic mass is 16.5.